The monoisotopic (exact) mass is 348 g/mol. The largest absolute Gasteiger partial charge is 0.507 e. The van der Waals surface area contributed by atoms with Crippen molar-refractivity contribution < 1.29 is 30.3 Å². The van der Waals surface area contributed by atoms with E-state index in [1.165, 1.54) is 7.11 Å². The fourth-order valence-electron chi connectivity index (χ4n) is 2.70. The first-order valence-electron chi connectivity index (χ1n) is 8.05. The Balaban J connectivity index is 2.40. The highest BCUT2D eigenvalue weighted by molar-refractivity contribution is 5.72. The van der Waals surface area contributed by atoms with Crippen LogP contribution in [0.5, 0.6) is 11.5 Å². The summed E-state index contributed by atoms with van der Waals surface area (Å²) in [6.45, 7) is -0.685. The lowest BCUT2D eigenvalue weighted by Crippen LogP contribution is -2.15. The smallest absolute Gasteiger partial charge is 0.123 e. The van der Waals surface area contributed by atoms with Crippen LogP contribution in [0.25, 0.3) is 11.1 Å². The number of aliphatic hydroxyl groups is 4. The highest BCUT2D eigenvalue weighted by atomic mass is 16.5. The molecule has 2 rings (SSSR count). The fraction of sp³-hybridized carbons (Fsp3) is 0.368. The number of ether oxygens (including phenoxy) is 1. The predicted octanol–water partition coefficient (Wildman–Crippen LogP) is 0.859. The minimum atomic E-state index is -0.899. The van der Waals surface area contributed by atoms with Crippen molar-refractivity contribution in [2.75, 3.05) is 20.3 Å². The molecule has 0 bridgehead atoms. The van der Waals surface area contributed by atoms with E-state index in [0.717, 1.165) is 11.1 Å². The Morgan fingerprint density at radius 2 is 1.60 bits per heavy atom. The Morgan fingerprint density at radius 3 is 2.24 bits per heavy atom. The van der Waals surface area contributed by atoms with Crippen molar-refractivity contribution in [3.05, 3.63) is 47.5 Å². The molecule has 0 fully saturated rings. The quantitative estimate of drug-likeness (QED) is 0.484. The summed E-state index contributed by atoms with van der Waals surface area (Å²) in [4.78, 5) is 0. The number of aliphatic hydroxyl groups excluding tert-OH is 4. The van der Waals surface area contributed by atoms with Gasteiger partial charge in [-0.25, -0.2) is 0 Å². The van der Waals surface area contributed by atoms with Crippen molar-refractivity contribution in [3.8, 4) is 22.6 Å². The van der Waals surface area contributed by atoms with Crippen molar-refractivity contribution in [1.82, 2.24) is 0 Å². The lowest BCUT2D eigenvalue weighted by atomic mass is 9.96. The van der Waals surface area contributed by atoms with Crippen molar-refractivity contribution >= 4 is 0 Å². The van der Waals surface area contributed by atoms with E-state index in [0.29, 0.717) is 16.9 Å². The molecule has 0 aliphatic heterocycles. The van der Waals surface area contributed by atoms with Crippen LogP contribution in [0.4, 0.5) is 0 Å². The molecule has 0 aliphatic rings. The van der Waals surface area contributed by atoms with E-state index in [-0.39, 0.29) is 31.8 Å². The first kappa shape index (κ1) is 19.2. The number of phenolic OH excluding ortho intramolecular Hbond substituents is 1. The highest BCUT2D eigenvalue weighted by Gasteiger charge is 2.14. The molecule has 0 amide bonds. The molecule has 0 spiro atoms. The summed E-state index contributed by atoms with van der Waals surface area (Å²) in [7, 11) is 1.53. The zero-order chi connectivity index (χ0) is 18.4. The van der Waals surface area contributed by atoms with Crippen LogP contribution >= 0.6 is 0 Å². The highest BCUT2D eigenvalue weighted by Crippen LogP contribution is 2.33. The van der Waals surface area contributed by atoms with Gasteiger partial charge >= 0.3 is 0 Å². The molecule has 25 heavy (non-hydrogen) atoms. The second-order valence-electron chi connectivity index (χ2n) is 5.96. The summed E-state index contributed by atoms with van der Waals surface area (Å²) in [6.07, 6.45) is -1.26. The van der Waals surface area contributed by atoms with E-state index in [9.17, 15) is 15.3 Å². The van der Waals surface area contributed by atoms with E-state index in [1.807, 2.05) is 0 Å². The van der Waals surface area contributed by atoms with E-state index in [1.54, 1.807) is 36.4 Å². The van der Waals surface area contributed by atoms with Crippen LogP contribution in [0.2, 0.25) is 0 Å². The number of methoxy groups -OCH3 is 1. The van der Waals surface area contributed by atoms with Crippen LogP contribution in [-0.2, 0) is 12.8 Å². The Morgan fingerprint density at radius 1 is 0.920 bits per heavy atom. The van der Waals surface area contributed by atoms with E-state index in [4.69, 9.17) is 14.9 Å². The molecule has 2 aromatic carbocycles. The van der Waals surface area contributed by atoms with Crippen LogP contribution in [0.15, 0.2) is 36.4 Å². The number of hydrogen-bond acceptors (Lipinski definition) is 6. The molecule has 0 unspecified atom stereocenters. The molecule has 6 heteroatoms. The molecule has 5 N–H and O–H groups in total. The zero-order valence-corrected chi connectivity index (χ0v) is 14.1. The minimum Gasteiger partial charge on any atom is -0.507 e. The van der Waals surface area contributed by atoms with Crippen molar-refractivity contribution in [2.45, 2.75) is 25.0 Å². The summed E-state index contributed by atoms with van der Waals surface area (Å²) < 4.78 is 5.29. The average Bonchev–Trinajstić information content (AvgIpc) is 2.63. The maximum absolute atomic E-state index is 10.2. The predicted molar refractivity (Wildman–Crippen MR) is 93.7 cm³/mol. The van der Waals surface area contributed by atoms with Gasteiger partial charge in [0, 0.05) is 18.4 Å². The van der Waals surface area contributed by atoms with Gasteiger partial charge in [-0.2, -0.15) is 0 Å². The topological polar surface area (TPSA) is 110 Å². The summed E-state index contributed by atoms with van der Waals surface area (Å²) in [5.41, 5.74) is 2.78. The maximum atomic E-state index is 10.2. The second-order valence-corrected chi connectivity index (χ2v) is 5.96. The van der Waals surface area contributed by atoms with Gasteiger partial charge in [-0.15, -0.1) is 0 Å². The summed E-state index contributed by atoms with van der Waals surface area (Å²) in [5, 5.41) is 47.5. The third kappa shape index (κ3) is 4.93. The average molecular weight is 348 g/mol. The van der Waals surface area contributed by atoms with Crippen LogP contribution in [0.1, 0.15) is 11.1 Å². The molecular formula is C19H24O6. The van der Waals surface area contributed by atoms with Gasteiger partial charge in [0.15, 0.2) is 0 Å². The van der Waals surface area contributed by atoms with Gasteiger partial charge in [0.05, 0.1) is 32.5 Å². The molecule has 2 aromatic rings. The van der Waals surface area contributed by atoms with E-state index < -0.39 is 12.2 Å². The van der Waals surface area contributed by atoms with Crippen LogP contribution in [0.3, 0.4) is 0 Å². The van der Waals surface area contributed by atoms with E-state index >= 15 is 0 Å². The molecule has 0 aliphatic carbocycles. The molecule has 0 saturated heterocycles. The van der Waals surface area contributed by atoms with Crippen molar-refractivity contribution in [1.29, 1.82) is 0 Å². The van der Waals surface area contributed by atoms with Gasteiger partial charge in [0.2, 0.25) is 0 Å². The normalized spacial score (nSPS) is 13.5. The summed E-state index contributed by atoms with van der Waals surface area (Å²) in [5.74, 6) is 0.670. The minimum absolute atomic E-state index is 0.0843. The van der Waals surface area contributed by atoms with Crippen LogP contribution in [-0.4, -0.2) is 58.1 Å². The first-order chi connectivity index (χ1) is 12.0. The number of phenols is 1. The third-order valence-electron chi connectivity index (χ3n) is 4.00. The van der Waals surface area contributed by atoms with Crippen LogP contribution < -0.4 is 4.74 Å². The second kappa shape index (κ2) is 8.82. The molecule has 0 aromatic heterocycles. The first-order valence-corrected chi connectivity index (χ1v) is 8.05. The standard InChI is InChI=1S/C19H24O6/c1-25-19-5-3-13(8-14(19)9-16(23)11-21)17-7-12(2-4-18(17)24)6-15(22)10-20/h2-5,7-8,15-16,20-24H,6,9-11H2,1H3/t15-,16+/m0/s1. The van der Waals surface area contributed by atoms with Crippen molar-refractivity contribution in [3.63, 3.8) is 0 Å². The number of benzene rings is 2. The Kier molecular flexibility index (Phi) is 6.78. The van der Waals surface area contributed by atoms with Gasteiger partial charge in [-0.1, -0.05) is 12.1 Å². The molecule has 0 radical (unpaired) electrons. The van der Waals surface area contributed by atoms with Gasteiger partial charge in [-0.3, -0.25) is 0 Å². The van der Waals surface area contributed by atoms with Gasteiger partial charge < -0.3 is 30.3 Å². The van der Waals surface area contributed by atoms with Gasteiger partial charge in [0.1, 0.15) is 11.5 Å². The number of rotatable bonds is 8. The molecular weight excluding hydrogens is 324 g/mol. The molecule has 0 saturated carbocycles. The zero-order valence-electron chi connectivity index (χ0n) is 14.1. The van der Waals surface area contributed by atoms with E-state index in [2.05, 4.69) is 0 Å². The molecule has 2 atom stereocenters. The third-order valence-corrected chi connectivity index (χ3v) is 4.00. The van der Waals surface area contributed by atoms with Crippen molar-refractivity contribution in [2.24, 2.45) is 0 Å². The van der Waals surface area contributed by atoms with Gasteiger partial charge in [0.25, 0.3) is 0 Å². The Hall–Kier alpha value is -2.12. The lowest BCUT2D eigenvalue weighted by Gasteiger charge is -2.15. The number of hydrogen-bond donors (Lipinski definition) is 5. The number of aromatic hydroxyl groups is 1. The van der Waals surface area contributed by atoms with Crippen LogP contribution in [0, 0.1) is 0 Å². The molecule has 6 nitrogen and oxygen atoms in total. The summed E-state index contributed by atoms with van der Waals surface area (Å²) >= 11 is 0. The molecule has 136 valence electrons. The SMILES string of the molecule is COc1ccc(-c2cc(C[C@H](O)CO)ccc2O)cc1C[C@@H](O)CO. The Labute approximate surface area is 146 Å². The maximum Gasteiger partial charge on any atom is 0.123 e. The lowest BCUT2D eigenvalue weighted by molar-refractivity contribution is 0.0950. The van der Waals surface area contributed by atoms with Gasteiger partial charge in [-0.05, 0) is 41.0 Å². The molecule has 0 heterocycles. The summed E-state index contributed by atoms with van der Waals surface area (Å²) in [6, 6.07) is 10.3. The Bertz CT molecular complexity index is 700. The fourth-order valence-corrected chi connectivity index (χ4v) is 2.70.